The lowest BCUT2D eigenvalue weighted by Crippen LogP contribution is -2.41. The minimum absolute atomic E-state index is 0.283. The van der Waals surface area contributed by atoms with E-state index in [0.29, 0.717) is 6.47 Å². The number of carbonyl (C=O) groups excluding carboxylic acids is 1. The second-order valence-corrected chi connectivity index (χ2v) is 8.69. The second kappa shape index (κ2) is 8.01. The predicted octanol–water partition coefficient (Wildman–Crippen LogP) is 3.60. The first-order valence-corrected chi connectivity index (χ1v) is 9.00. The molecule has 1 fully saturated rings. The van der Waals surface area contributed by atoms with Gasteiger partial charge in [-0.2, -0.15) is 0 Å². The first-order valence-electron chi connectivity index (χ1n) is 9.00. The lowest BCUT2D eigenvalue weighted by molar-refractivity contribution is -0.138. The van der Waals surface area contributed by atoms with Gasteiger partial charge in [0.2, 0.25) is 0 Å². The van der Waals surface area contributed by atoms with Crippen molar-refractivity contribution in [2.75, 3.05) is 12.4 Å². The first kappa shape index (κ1) is 22.5. The van der Waals surface area contributed by atoms with Crippen molar-refractivity contribution >= 4 is 24.7 Å². The Bertz CT molecular complexity index is 619. The van der Waals surface area contributed by atoms with E-state index >= 15 is 0 Å². The van der Waals surface area contributed by atoms with Crippen molar-refractivity contribution < 1.29 is 18.8 Å². The van der Waals surface area contributed by atoms with E-state index in [9.17, 15) is 4.79 Å². The van der Waals surface area contributed by atoms with E-state index in [0.717, 1.165) is 11.2 Å². The van der Waals surface area contributed by atoms with Crippen LogP contribution in [0.1, 0.15) is 59.6 Å². The summed E-state index contributed by atoms with van der Waals surface area (Å²) in [5.74, 6) is 0. The average Bonchev–Trinajstić information content (AvgIpc) is 2.68. The molecule has 1 heterocycles. The molecule has 1 saturated heterocycles. The van der Waals surface area contributed by atoms with Crippen LogP contribution in [0.2, 0.25) is 0 Å². The van der Waals surface area contributed by atoms with Crippen LogP contribution in [0.15, 0.2) is 12.1 Å². The third-order valence-electron chi connectivity index (χ3n) is 4.79. The van der Waals surface area contributed by atoms with Crippen LogP contribution in [0, 0.1) is 13.8 Å². The molecule has 1 aromatic rings. The fraction of sp³-hybridized carbons (Fsp3) is 0.650. The highest BCUT2D eigenvalue weighted by molar-refractivity contribution is 6.62. The summed E-state index contributed by atoms with van der Waals surface area (Å²) >= 11 is 0. The van der Waals surface area contributed by atoms with Crippen molar-refractivity contribution in [3.63, 3.8) is 0 Å². The van der Waals surface area contributed by atoms with Crippen LogP contribution < -0.4 is 10.8 Å². The summed E-state index contributed by atoms with van der Waals surface area (Å²) in [7, 11) is 1.66. The lowest BCUT2D eigenvalue weighted by atomic mass is 9.75. The zero-order chi connectivity index (χ0) is 20.3. The van der Waals surface area contributed by atoms with E-state index in [4.69, 9.17) is 9.31 Å². The summed E-state index contributed by atoms with van der Waals surface area (Å²) in [5.41, 5.74) is 3.76. The maximum atomic E-state index is 9.60. The highest BCUT2D eigenvalue weighted by Gasteiger charge is 2.52. The largest absolute Gasteiger partial charge is 0.495 e. The summed E-state index contributed by atoms with van der Waals surface area (Å²) in [5, 5.41) is 3.20. The van der Waals surface area contributed by atoms with Crippen molar-refractivity contribution in [1.29, 1.82) is 0 Å². The molecule has 0 aliphatic carbocycles. The van der Waals surface area contributed by atoms with Crippen LogP contribution in [0.25, 0.3) is 0 Å². The van der Waals surface area contributed by atoms with Crippen molar-refractivity contribution in [3.05, 3.63) is 23.3 Å². The van der Waals surface area contributed by atoms with Crippen LogP contribution in [0.3, 0.4) is 0 Å². The van der Waals surface area contributed by atoms with Gasteiger partial charge in [-0.1, -0.05) is 6.07 Å². The summed E-state index contributed by atoms with van der Waals surface area (Å²) in [6.45, 7) is 18.4. The van der Waals surface area contributed by atoms with E-state index in [1.165, 1.54) is 11.1 Å². The van der Waals surface area contributed by atoms with Gasteiger partial charge in [0, 0.05) is 12.7 Å². The van der Waals surface area contributed by atoms with Crippen molar-refractivity contribution in [3.8, 4) is 0 Å². The van der Waals surface area contributed by atoms with Gasteiger partial charge < -0.3 is 19.4 Å². The Morgan fingerprint density at radius 3 is 1.88 bits per heavy atom. The Hall–Kier alpha value is -1.53. The molecule has 0 saturated carbocycles. The molecule has 0 atom stereocenters. The summed E-state index contributed by atoms with van der Waals surface area (Å²) in [6.07, 6.45) is 0. The average molecular weight is 363 g/mol. The maximum Gasteiger partial charge on any atom is 0.495 e. The molecule has 0 unspecified atom stereocenters. The number of aryl methyl sites for hydroxylation is 2. The maximum absolute atomic E-state index is 9.60. The molecule has 2 rings (SSSR count). The van der Waals surface area contributed by atoms with Crippen molar-refractivity contribution in [1.82, 2.24) is 0 Å². The number of hydrogen-bond donors (Lipinski definition) is 1. The van der Waals surface area contributed by atoms with Gasteiger partial charge in [-0.3, -0.25) is 4.79 Å². The summed E-state index contributed by atoms with van der Waals surface area (Å²) in [4.78, 5) is 9.60. The van der Waals surface area contributed by atoms with E-state index in [2.05, 4.69) is 63.7 Å². The Morgan fingerprint density at radius 2 is 1.54 bits per heavy atom. The number of benzene rings is 1. The Labute approximate surface area is 158 Å². The van der Waals surface area contributed by atoms with Crippen molar-refractivity contribution in [2.45, 2.75) is 79.1 Å². The van der Waals surface area contributed by atoms with E-state index in [-0.39, 0.29) is 23.9 Å². The highest BCUT2D eigenvalue weighted by Crippen LogP contribution is 2.36. The molecule has 1 aliphatic rings. The van der Waals surface area contributed by atoms with Gasteiger partial charge in [0.1, 0.15) is 5.60 Å². The van der Waals surface area contributed by atoms with E-state index in [1.807, 2.05) is 27.8 Å². The second-order valence-electron chi connectivity index (χ2n) is 8.69. The molecule has 26 heavy (non-hydrogen) atoms. The lowest BCUT2D eigenvalue weighted by Gasteiger charge is -2.32. The molecule has 0 radical (unpaired) electrons. The van der Waals surface area contributed by atoms with Gasteiger partial charge >= 0.3 is 7.12 Å². The number of ether oxygens (including phenoxy) is 1. The number of anilines is 1. The van der Waals surface area contributed by atoms with Crippen LogP contribution in [0.4, 0.5) is 5.69 Å². The van der Waals surface area contributed by atoms with Gasteiger partial charge in [0.05, 0.1) is 11.2 Å². The van der Waals surface area contributed by atoms with Crippen molar-refractivity contribution in [2.24, 2.45) is 0 Å². The third-order valence-corrected chi connectivity index (χ3v) is 4.79. The monoisotopic (exact) mass is 363 g/mol. The summed E-state index contributed by atoms with van der Waals surface area (Å²) < 4.78 is 16.8. The quantitative estimate of drug-likeness (QED) is 0.657. The van der Waals surface area contributed by atoms with Crippen LogP contribution in [-0.2, 0) is 18.8 Å². The molecule has 6 heteroatoms. The highest BCUT2D eigenvalue weighted by atomic mass is 16.7. The molecular weight excluding hydrogens is 329 g/mol. The molecule has 0 bridgehead atoms. The molecule has 1 aliphatic heterocycles. The molecular formula is C20H34BNO4. The fourth-order valence-electron chi connectivity index (χ4n) is 2.48. The number of hydrogen-bond acceptors (Lipinski definition) is 5. The number of rotatable bonds is 3. The zero-order valence-electron chi connectivity index (χ0n) is 17.9. The van der Waals surface area contributed by atoms with Gasteiger partial charge in [-0.05, 0) is 85.0 Å². The van der Waals surface area contributed by atoms with Crippen LogP contribution >= 0.6 is 0 Å². The van der Waals surface area contributed by atoms with Gasteiger partial charge in [-0.15, -0.1) is 0 Å². The molecule has 146 valence electrons. The molecule has 5 nitrogen and oxygen atoms in total. The van der Waals surface area contributed by atoms with Gasteiger partial charge in [0.15, 0.2) is 0 Å². The summed E-state index contributed by atoms with van der Waals surface area (Å²) in [6, 6.07) is 4.30. The third kappa shape index (κ3) is 5.48. The van der Waals surface area contributed by atoms with Crippen LogP contribution in [0.5, 0.6) is 0 Å². The normalized spacial score (nSPS) is 18.0. The molecule has 1 N–H and O–H groups in total. The van der Waals surface area contributed by atoms with E-state index < -0.39 is 0 Å². The Morgan fingerprint density at radius 1 is 1.04 bits per heavy atom. The topological polar surface area (TPSA) is 56.8 Å². The standard InChI is InChI=1S/C15H24BNO2.C5H10O2/c1-10-9-13(17-7)11(2)8-12(10)16-18-14(3,4)15(5,6)19-16;1-5(2,3)7-4-6/h8-9,17H,1-7H3;4H,1-3H3. The predicted molar refractivity (Wildman–Crippen MR) is 108 cm³/mol. The Balaban J connectivity index is 0.000000412. The smallest absolute Gasteiger partial charge is 0.462 e. The minimum atomic E-state index is -0.318. The Kier molecular flexibility index (Phi) is 6.94. The molecule has 0 aromatic heterocycles. The molecule has 0 spiro atoms. The zero-order valence-corrected chi connectivity index (χ0v) is 17.9. The molecule has 1 aromatic carbocycles. The number of carbonyl (C=O) groups is 1. The first-order chi connectivity index (χ1) is 11.7. The minimum Gasteiger partial charge on any atom is -0.462 e. The number of nitrogens with one attached hydrogen (secondary N) is 1. The van der Waals surface area contributed by atoms with Crippen LogP contribution in [-0.4, -0.2) is 37.4 Å². The van der Waals surface area contributed by atoms with E-state index in [1.54, 1.807) is 0 Å². The van der Waals surface area contributed by atoms with Gasteiger partial charge in [0.25, 0.3) is 6.47 Å². The fourth-order valence-corrected chi connectivity index (χ4v) is 2.48. The molecule has 0 amide bonds. The SMILES string of the molecule is CC(C)(C)OC=O.CNc1cc(C)c(B2OC(C)(C)C(C)(C)O2)cc1C. The van der Waals surface area contributed by atoms with Gasteiger partial charge in [-0.25, -0.2) is 0 Å².